The van der Waals surface area contributed by atoms with Crippen molar-refractivity contribution in [2.75, 3.05) is 0 Å². The molecule has 6 heteroatoms. The van der Waals surface area contributed by atoms with Crippen molar-refractivity contribution in [2.24, 2.45) is 0 Å². The van der Waals surface area contributed by atoms with Crippen molar-refractivity contribution < 1.29 is 14.0 Å². The second-order valence-corrected chi connectivity index (χ2v) is 10.0. The number of aryl methyl sites for hydroxylation is 1. The zero-order valence-electron chi connectivity index (χ0n) is 21.7. The van der Waals surface area contributed by atoms with Crippen molar-refractivity contribution >= 4 is 22.7 Å². The van der Waals surface area contributed by atoms with Gasteiger partial charge in [-0.3, -0.25) is 9.59 Å². The summed E-state index contributed by atoms with van der Waals surface area (Å²) in [4.78, 5) is 32.6. The molecule has 2 atom stereocenters. The first-order valence-electron chi connectivity index (χ1n) is 13.0. The third kappa shape index (κ3) is 4.38. The summed E-state index contributed by atoms with van der Waals surface area (Å²) in [5.74, 6) is -0.785. The fraction of sp³-hybridized carbons (Fsp3) is 0.152. The Morgan fingerprint density at radius 3 is 2.41 bits per heavy atom. The van der Waals surface area contributed by atoms with Crippen LogP contribution in [0.15, 0.2) is 97.1 Å². The smallest absolute Gasteiger partial charge is 0.255 e. The van der Waals surface area contributed by atoms with Crippen LogP contribution in [-0.2, 0) is 11.3 Å². The zero-order valence-corrected chi connectivity index (χ0v) is 21.7. The number of hydrogen-bond donors (Lipinski definition) is 2. The quantitative estimate of drug-likeness (QED) is 0.269. The molecule has 0 unspecified atom stereocenters. The van der Waals surface area contributed by atoms with E-state index >= 15 is 0 Å². The molecule has 0 saturated heterocycles. The summed E-state index contributed by atoms with van der Waals surface area (Å²) in [7, 11) is 0. The lowest BCUT2D eigenvalue weighted by Crippen LogP contribution is -2.46. The fourth-order valence-corrected chi connectivity index (χ4v) is 5.49. The number of halogens is 1. The molecule has 2 N–H and O–H groups in total. The Hall–Kier alpha value is -4.71. The Kier molecular flexibility index (Phi) is 6.23. The maximum atomic E-state index is 13.9. The van der Waals surface area contributed by atoms with E-state index in [1.54, 1.807) is 24.0 Å². The molecular formula is C33H28FN3O2. The number of carbonyl (C=O) groups excluding carboxylic acids is 2. The second kappa shape index (κ2) is 9.87. The van der Waals surface area contributed by atoms with Gasteiger partial charge in [-0.15, -0.1) is 0 Å². The highest BCUT2D eigenvalue weighted by molar-refractivity contribution is 6.04. The van der Waals surface area contributed by atoms with Crippen molar-refractivity contribution in [1.82, 2.24) is 15.2 Å². The standard InChI is InChI=1S/C33H28FN3O2/c1-20-11-15-23(16-12-20)30-29(27-9-5-6-10-28(27)36-30)31-25-7-3-4-8-26(25)33(39)37(31)21(2)32(38)35-19-22-13-17-24(34)18-14-22/h3-18,21,31,36H,19H2,1-2H3,(H,35,38)/t21-,31-/m1/s1. The zero-order chi connectivity index (χ0) is 27.1. The topological polar surface area (TPSA) is 65.2 Å². The van der Waals surface area contributed by atoms with Gasteiger partial charge in [-0.1, -0.05) is 78.4 Å². The predicted octanol–water partition coefficient (Wildman–Crippen LogP) is 6.53. The van der Waals surface area contributed by atoms with E-state index < -0.39 is 12.1 Å². The number of rotatable bonds is 6. The molecule has 0 aliphatic carbocycles. The summed E-state index contributed by atoms with van der Waals surface area (Å²) < 4.78 is 13.3. The highest BCUT2D eigenvalue weighted by atomic mass is 19.1. The average molecular weight is 518 g/mol. The number of para-hydroxylation sites is 1. The number of hydrogen-bond acceptors (Lipinski definition) is 2. The van der Waals surface area contributed by atoms with E-state index in [9.17, 15) is 14.0 Å². The van der Waals surface area contributed by atoms with Crippen LogP contribution in [0.1, 0.15) is 45.6 Å². The van der Waals surface area contributed by atoms with Crippen LogP contribution in [0.3, 0.4) is 0 Å². The van der Waals surface area contributed by atoms with Gasteiger partial charge in [0.25, 0.3) is 5.91 Å². The van der Waals surface area contributed by atoms with Gasteiger partial charge in [0.05, 0.1) is 11.7 Å². The molecule has 1 aromatic heterocycles. The third-order valence-corrected chi connectivity index (χ3v) is 7.54. The summed E-state index contributed by atoms with van der Waals surface area (Å²) in [5.41, 5.74) is 7.28. The SMILES string of the molecule is Cc1ccc(-c2[nH]c3ccccc3c2[C@H]2c3ccccc3C(=O)N2[C@H](C)C(=O)NCc2ccc(F)cc2)cc1. The Labute approximate surface area is 226 Å². The number of benzene rings is 4. The molecule has 5 nitrogen and oxygen atoms in total. The van der Waals surface area contributed by atoms with Crippen LogP contribution >= 0.6 is 0 Å². The predicted molar refractivity (Wildman–Crippen MR) is 151 cm³/mol. The number of aromatic nitrogens is 1. The molecule has 5 aromatic rings. The molecule has 2 amide bonds. The molecule has 0 bridgehead atoms. The van der Waals surface area contributed by atoms with Crippen LogP contribution in [0.2, 0.25) is 0 Å². The van der Waals surface area contributed by atoms with Crippen LogP contribution in [0.4, 0.5) is 4.39 Å². The molecule has 1 aliphatic heterocycles. The maximum absolute atomic E-state index is 13.9. The summed E-state index contributed by atoms with van der Waals surface area (Å²) in [6, 6.07) is 28.7. The Bertz CT molecular complexity index is 1690. The lowest BCUT2D eigenvalue weighted by atomic mass is 9.92. The lowest BCUT2D eigenvalue weighted by Gasteiger charge is -2.31. The second-order valence-electron chi connectivity index (χ2n) is 10.0. The van der Waals surface area contributed by atoms with Crippen molar-refractivity contribution in [3.05, 3.63) is 131 Å². The molecule has 0 saturated carbocycles. The molecule has 2 heterocycles. The minimum atomic E-state index is -0.755. The van der Waals surface area contributed by atoms with Gasteiger partial charge in [0.15, 0.2) is 0 Å². The van der Waals surface area contributed by atoms with Gasteiger partial charge in [0, 0.05) is 28.6 Å². The van der Waals surface area contributed by atoms with E-state index in [4.69, 9.17) is 0 Å². The minimum Gasteiger partial charge on any atom is -0.354 e. The molecule has 0 radical (unpaired) electrons. The van der Waals surface area contributed by atoms with E-state index in [1.165, 1.54) is 12.1 Å². The molecule has 1 aliphatic rings. The van der Waals surface area contributed by atoms with Crippen LogP contribution in [-0.4, -0.2) is 27.7 Å². The first kappa shape index (κ1) is 24.6. The van der Waals surface area contributed by atoms with Gasteiger partial charge >= 0.3 is 0 Å². The van der Waals surface area contributed by atoms with Gasteiger partial charge in [-0.25, -0.2) is 4.39 Å². The van der Waals surface area contributed by atoms with Gasteiger partial charge in [0.1, 0.15) is 11.9 Å². The maximum Gasteiger partial charge on any atom is 0.255 e. The van der Waals surface area contributed by atoms with Crippen LogP contribution < -0.4 is 5.32 Å². The number of carbonyl (C=O) groups is 2. The number of H-pyrrole nitrogens is 1. The lowest BCUT2D eigenvalue weighted by molar-refractivity contribution is -0.125. The molecule has 194 valence electrons. The van der Waals surface area contributed by atoms with Crippen molar-refractivity contribution in [3.63, 3.8) is 0 Å². The first-order valence-corrected chi connectivity index (χ1v) is 13.0. The summed E-state index contributed by atoms with van der Waals surface area (Å²) in [5, 5.41) is 3.94. The van der Waals surface area contributed by atoms with Crippen LogP contribution in [0.25, 0.3) is 22.2 Å². The molecule has 39 heavy (non-hydrogen) atoms. The Morgan fingerprint density at radius 1 is 0.949 bits per heavy atom. The summed E-state index contributed by atoms with van der Waals surface area (Å²) >= 11 is 0. The van der Waals surface area contributed by atoms with Crippen molar-refractivity contribution in [3.8, 4) is 11.3 Å². The number of aromatic amines is 1. The minimum absolute atomic E-state index is 0.180. The normalized spacial score (nSPS) is 15.4. The molecule has 4 aromatic carbocycles. The van der Waals surface area contributed by atoms with E-state index in [2.05, 4.69) is 47.6 Å². The van der Waals surface area contributed by atoms with Gasteiger partial charge in [-0.2, -0.15) is 0 Å². The Balaban J connectivity index is 1.44. The number of fused-ring (bicyclic) bond motifs is 2. The number of nitrogens with one attached hydrogen (secondary N) is 2. The van der Waals surface area contributed by atoms with Gasteiger partial charge in [0.2, 0.25) is 5.91 Å². The largest absolute Gasteiger partial charge is 0.354 e. The molecule has 0 fully saturated rings. The fourth-order valence-electron chi connectivity index (χ4n) is 5.49. The Morgan fingerprint density at radius 2 is 1.64 bits per heavy atom. The highest BCUT2D eigenvalue weighted by Gasteiger charge is 2.44. The molecule has 0 spiro atoms. The van der Waals surface area contributed by atoms with Crippen LogP contribution in [0.5, 0.6) is 0 Å². The van der Waals surface area contributed by atoms with E-state index in [1.807, 2.05) is 42.5 Å². The highest BCUT2D eigenvalue weighted by Crippen LogP contribution is 2.46. The average Bonchev–Trinajstić information content (AvgIpc) is 3.47. The van der Waals surface area contributed by atoms with E-state index in [0.29, 0.717) is 5.56 Å². The van der Waals surface area contributed by atoms with Gasteiger partial charge in [-0.05, 0) is 54.8 Å². The third-order valence-electron chi connectivity index (χ3n) is 7.54. The van der Waals surface area contributed by atoms with Crippen molar-refractivity contribution in [2.45, 2.75) is 32.5 Å². The van der Waals surface area contributed by atoms with E-state index in [0.717, 1.165) is 44.4 Å². The van der Waals surface area contributed by atoms with Crippen LogP contribution in [0, 0.1) is 12.7 Å². The summed E-state index contributed by atoms with van der Waals surface area (Å²) in [6.07, 6.45) is 0. The first-order chi connectivity index (χ1) is 18.9. The number of amides is 2. The molecule has 6 rings (SSSR count). The number of nitrogens with zero attached hydrogens (tertiary/aromatic N) is 1. The van der Waals surface area contributed by atoms with Crippen molar-refractivity contribution in [1.29, 1.82) is 0 Å². The molecular weight excluding hydrogens is 489 g/mol. The monoisotopic (exact) mass is 517 g/mol. The summed E-state index contributed by atoms with van der Waals surface area (Å²) in [6.45, 7) is 4.05. The van der Waals surface area contributed by atoms with E-state index in [-0.39, 0.29) is 24.2 Å². The van der Waals surface area contributed by atoms with Gasteiger partial charge < -0.3 is 15.2 Å².